The third-order valence-electron chi connectivity index (χ3n) is 5.07. The minimum atomic E-state index is -2.87. The molecule has 0 atom stereocenters. The van der Waals surface area contributed by atoms with Crippen molar-refractivity contribution in [1.82, 2.24) is 14.4 Å². The number of carbonyl (C=O) groups excluding carboxylic acids is 1. The Hall–Kier alpha value is -4.45. The highest BCUT2D eigenvalue weighted by atomic mass is 19.3. The van der Waals surface area contributed by atoms with E-state index in [-0.39, 0.29) is 11.8 Å². The van der Waals surface area contributed by atoms with Gasteiger partial charge in [0.15, 0.2) is 11.3 Å². The van der Waals surface area contributed by atoms with Crippen molar-refractivity contribution >= 4 is 17.4 Å². The highest BCUT2D eigenvalue weighted by Crippen LogP contribution is 2.25. The van der Waals surface area contributed by atoms with Crippen molar-refractivity contribution in [3.05, 3.63) is 78.4 Å². The number of anilines is 1. The Balaban J connectivity index is 1.40. The van der Waals surface area contributed by atoms with E-state index in [9.17, 15) is 13.6 Å². The van der Waals surface area contributed by atoms with Crippen LogP contribution in [0.5, 0.6) is 5.75 Å². The average molecular weight is 446 g/mol. The lowest BCUT2D eigenvalue weighted by Gasteiger charge is -2.11. The average Bonchev–Trinajstić information content (AvgIpc) is 3.45. The number of amides is 1. The van der Waals surface area contributed by atoms with Crippen LogP contribution in [0.4, 0.5) is 19.3 Å². The van der Waals surface area contributed by atoms with Gasteiger partial charge in [-0.2, -0.15) is 8.78 Å². The molecule has 1 aliphatic heterocycles. The van der Waals surface area contributed by atoms with Crippen molar-refractivity contribution < 1.29 is 23.0 Å². The standard InChI is InChI=1S/C24H16F2N4O3/c25-23(26)33-19-8-4-17(5-9-19)21-15-28-22-20(27-11-12-30(21)22)10-3-16-1-6-18(7-2-16)29-13-14-32-24(29)31/h1-2,4-9,11-12,15,23H,13-14H2. The fourth-order valence-corrected chi connectivity index (χ4v) is 3.51. The Morgan fingerprint density at radius 3 is 2.52 bits per heavy atom. The summed E-state index contributed by atoms with van der Waals surface area (Å²) in [5, 5.41) is 0. The van der Waals surface area contributed by atoms with E-state index in [0.29, 0.717) is 24.5 Å². The normalized spacial score (nSPS) is 13.2. The first-order valence-electron chi connectivity index (χ1n) is 10.0. The summed E-state index contributed by atoms with van der Waals surface area (Å²) in [6.45, 7) is -1.96. The number of hydrogen-bond acceptors (Lipinski definition) is 5. The van der Waals surface area contributed by atoms with Gasteiger partial charge in [0.1, 0.15) is 12.4 Å². The second-order valence-corrected chi connectivity index (χ2v) is 7.08. The Bertz CT molecular complexity index is 1370. The first kappa shape index (κ1) is 20.5. The molecule has 1 aliphatic rings. The van der Waals surface area contributed by atoms with Crippen LogP contribution in [0.2, 0.25) is 0 Å². The van der Waals surface area contributed by atoms with Crippen LogP contribution in [0.1, 0.15) is 11.3 Å². The van der Waals surface area contributed by atoms with E-state index in [2.05, 4.69) is 26.5 Å². The van der Waals surface area contributed by atoms with Gasteiger partial charge in [-0.15, -0.1) is 0 Å². The van der Waals surface area contributed by atoms with Crippen LogP contribution in [0, 0.1) is 11.8 Å². The zero-order valence-corrected chi connectivity index (χ0v) is 17.1. The minimum Gasteiger partial charge on any atom is -0.447 e. The highest BCUT2D eigenvalue weighted by Gasteiger charge is 2.23. The number of aromatic nitrogens is 3. The van der Waals surface area contributed by atoms with Crippen LogP contribution in [0.15, 0.2) is 67.1 Å². The molecular weight excluding hydrogens is 430 g/mol. The molecule has 3 heterocycles. The van der Waals surface area contributed by atoms with E-state index >= 15 is 0 Å². The van der Waals surface area contributed by atoms with Gasteiger partial charge < -0.3 is 9.47 Å². The van der Waals surface area contributed by atoms with Gasteiger partial charge in [0.2, 0.25) is 0 Å². The molecule has 0 saturated carbocycles. The molecule has 1 amide bonds. The van der Waals surface area contributed by atoms with Crippen LogP contribution in [-0.2, 0) is 4.74 Å². The maximum absolute atomic E-state index is 12.4. The van der Waals surface area contributed by atoms with Gasteiger partial charge in [0.05, 0.1) is 18.4 Å². The van der Waals surface area contributed by atoms with Gasteiger partial charge in [0, 0.05) is 29.2 Å². The lowest BCUT2D eigenvalue weighted by molar-refractivity contribution is -0.0498. The molecular formula is C24H16F2N4O3. The van der Waals surface area contributed by atoms with Gasteiger partial charge in [-0.25, -0.2) is 14.8 Å². The third-order valence-corrected chi connectivity index (χ3v) is 5.07. The van der Waals surface area contributed by atoms with E-state index in [4.69, 9.17) is 4.74 Å². The minimum absolute atomic E-state index is 0.0865. The summed E-state index contributed by atoms with van der Waals surface area (Å²) >= 11 is 0. The number of nitrogens with zero attached hydrogens (tertiary/aromatic N) is 4. The number of halogens is 2. The number of cyclic esters (lactones) is 1. The number of benzene rings is 2. The molecule has 0 radical (unpaired) electrons. The summed E-state index contributed by atoms with van der Waals surface area (Å²) in [4.78, 5) is 22.0. The van der Waals surface area contributed by atoms with Crippen molar-refractivity contribution in [3.8, 4) is 28.8 Å². The van der Waals surface area contributed by atoms with Crippen LogP contribution in [0.25, 0.3) is 16.9 Å². The second-order valence-electron chi connectivity index (χ2n) is 7.08. The second kappa shape index (κ2) is 8.59. The summed E-state index contributed by atoms with van der Waals surface area (Å²) in [5.74, 6) is 6.20. The Labute approximate surface area is 187 Å². The lowest BCUT2D eigenvalue weighted by Crippen LogP contribution is -2.23. The van der Waals surface area contributed by atoms with Crippen molar-refractivity contribution in [2.24, 2.45) is 0 Å². The van der Waals surface area contributed by atoms with Crippen LogP contribution >= 0.6 is 0 Å². The Morgan fingerprint density at radius 2 is 1.82 bits per heavy atom. The molecule has 33 heavy (non-hydrogen) atoms. The van der Waals surface area contributed by atoms with Crippen molar-refractivity contribution in [3.63, 3.8) is 0 Å². The highest BCUT2D eigenvalue weighted by molar-refractivity contribution is 5.89. The molecule has 164 valence electrons. The molecule has 9 heteroatoms. The molecule has 2 aromatic heterocycles. The van der Waals surface area contributed by atoms with Gasteiger partial charge in [-0.1, -0.05) is 5.92 Å². The number of imidazole rings is 1. The van der Waals surface area contributed by atoms with E-state index in [1.54, 1.807) is 35.6 Å². The number of fused-ring (bicyclic) bond motifs is 1. The van der Waals surface area contributed by atoms with Crippen LogP contribution < -0.4 is 9.64 Å². The molecule has 5 rings (SSSR count). The monoisotopic (exact) mass is 446 g/mol. The predicted octanol–water partition coefficient (Wildman–Crippen LogP) is 4.35. The number of carbonyl (C=O) groups is 1. The maximum atomic E-state index is 12.4. The van der Waals surface area contributed by atoms with Crippen molar-refractivity contribution in [2.45, 2.75) is 6.61 Å². The SMILES string of the molecule is O=C1OCCN1c1ccc(C#Cc2nccn3c(-c4ccc(OC(F)F)cc4)cnc23)cc1. The fourth-order valence-electron chi connectivity index (χ4n) is 3.51. The smallest absolute Gasteiger partial charge is 0.414 e. The summed E-state index contributed by atoms with van der Waals surface area (Å²) < 4.78 is 35.9. The number of rotatable bonds is 4. The molecule has 1 saturated heterocycles. The summed E-state index contributed by atoms with van der Waals surface area (Å²) in [6, 6.07) is 13.6. The molecule has 0 unspecified atom stereocenters. The summed E-state index contributed by atoms with van der Waals surface area (Å²) in [5.41, 5.74) is 4.13. The van der Waals surface area contributed by atoms with Gasteiger partial charge in [-0.3, -0.25) is 9.30 Å². The Kier molecular flexibility index (Phi) is 5.32. The summed E-state index contributed by atoms with van der Waals surface area (Å²) in [7, 11) is 0. The van der Waals surface area contributed by atoms with E-state index < -0.39 is 6.61 Å². The van der Waals surface area contributed by atoms with E-state index in [1.807, 2.05) is 28.7 Å². The van der Waals surface area contributed by atoms with Crippen LogP contribution in [-0.4, -0.2) is 40.2 Å². The molecule has 0 bridgehead atoms. The first-order chi connectivity index (χ1) is 16.1. The molecule has 0 aliphatic carbocycles. The fraction of sp³-hybridized carbons (Fsp3) is 0.125. The number of ether oxygens (including phenoxy) is 2. The van der Waals surface area contributed by atoms with Crippen LogP contribution in [0.3, 0.4) is 0 Å². The first-order valence-corrected chi connectivity index (χ1v) is 10.0. The van der Waals surface area contributed by atoms with E-state index in [1.165, 1.54) is 12.1 Å². The number of alkyl halides is 2. The van der Waals surface area contributed by atoms with Gasteiger partial charge in [0.25, 0.3) is 0 Å². The number of hydrogen-bond donors (Lipinski definition) is 0. The van der Waals surface area contributed by atoms with Gasteiger partial charge in [-0.05, 0) is 54.5 Å². The third kappa shape index (κ3) is 4.19. The van der Waals surface area contributed by atoms with Crippen molar-refractivity contribution in [2.75, 3.05) is 18.1 Å². The summed E-state index contributed by atoms with van der Waals surface area (Å²) in [6.07, 6.45) is 4.71. The zero-order chi connectivity index (χ0) is 22.8. The lowest BCUT2D eigenvalue weighted by atomic mass is 10.1. The largest absolute Gasteiger partial charge is 0.447 e. The maximum Gasteiger partial charge on any atom is 0.414 e. The van der Waals surface area contributed by atoms with E-state index in [0.717, 1.165) is 22.5 Å². The molecule has 4 aromatic rings. The molecule has 0 N–H and O–H groups in total. The molecule has 7 nitrogen and oxygen atoms in total. The van der Waals surface area contributed by atoms with Gasteiger partial charge >= 0.3 is 12.7 Å². The topological polar surface area (TPSA) is 69.0 Å². The Morgan fingerprint density at radius 1 is 1.03 bits per heavy atom. The molecule has 1 fully saturated rings. The predicted molar refractivity (Wildman–Crippen MR) is 116 cm³/mol. The van der Waals surface area contributed by atoms with Crippen molar-refractivity contribution in [1.29, 1.82) is 0 Å². The zero-order valence-electron chi connectivity index (χ0n) is 17.1. The molecule has 0 spiro atoms. The quantitative estimate of drug-likeness (QED) is 0.436. The molecule has 2 aromatic carbocycles.